The molecule has 0 aliphatic heterocycles. The van der Waals surface area contributed by atoms with Crippen molar-refractivity contribution in [3.05, 3.63) is 35.9 Å². The van der Waals surface area contributed by atoms with E-state index in [1.807, 2.05) is 24.3 Å². The van der Waals surface area contributed by atoms with Gasteiger partial charge in [-0.15, -0.1) is 0 Å². The van der Waals surface area contributed by atoms with Crippen LogP contribution < -0.4 is 4.90 Å². The van der Waals surface area contributed by atoms with Crippen LogP contribution in [0.4, 0.5) is 0 Å². The predicted octanol–water partition coefficient (Wildman–Crippen LogP) is 1.43. The zero-order valence-corrected chi connectivity index (χ0v) is 14.2. The first-order chi connectivity index (χ1) is 11.2. The van der Waals surface area contributed by atoms with Crippen molar-refractivity contribution >= 4 is 12.2 Å². The molecule has 1 unspecified atom stereocenters. The molecule has 0 amide bonds. The molecule has 0 heterocycles. The molecule has 0 saturated carbocycles. The molecule has 1 N–H and O–H groups in total. The average Bonchev–Trinajstić information content (AvgIpc) is 2.59. The topological polar surface area (TPSA) is 66.9 Å². The first-order valence-electron chi connectivity index (χ1n) is 8.13. The number of likely N-dealkylation sites (N-methyl/N-ethyl adjacent to an activating group) is 1. The zero-order valence-electron chi connectivity index (χ0n) is 14.2. The highest BCUT2D eigenvalue weighted by atomic mass is 16.5. The molecule has 1 rings (SSSR count). The summed E-state index contributed by atoms with van der Waals surface area (Å²) in [5, 5.41) is 9.06. The van der Waals surface area contributed by atoms with E-state index in [9.17, 15) is 4.79 Å². The summed E-state index contributed by atoms with van der Waals surface area (Å²) in [6, 6.07) is 12.4. The first-order valence-corrected chi connectivity index (χ1v) is 8.13. The molecule has 124 valence electrons. The summed E-state index contributed by atoms with van der Waals surface area (Å²) in [5.74, 6) is -1.47. The van der Waals surface area contributed by atoms with Crippen LogP contribution in [0.2, 0.25) is 0 Å². The average molecular weight is 316 g/mol. The van der Waals surface area contributed by atoms with Gasteiger partial charge >= 0.3 is 5.97 Å². The molecule has 5 nitrogen and oxygen atoms in total. The van der Waals surface area contributed by atoms with Crippen LogP contribution in [0.5, 0.6) is 0 Å². The summed E-state index contributed by atoms with van der Waals surface area (Å²) in [6.07, 6.45) is 1.41. The van der Waals surface area contributed by atoms with Gasteiger partial charge in [-0.05, 0) is 20.8 Å². The van der Waals surface area contributed by atoms with E-state index in [4.69, 9.17) is 10.00 Å². The lowest BCUT2D eigenvalue weighted by Gasteiger charge is -2.25. The highest BCUT2D eigenvalue weighted by Gasteiger charge is 2.22. The number of nitriles is 1. The number of esters is 1. The third kappa shape index (κ3) is 5.84. The van der Waals surface area contributed by atoms with E-state index in [-0.39, 0.29) is 12.6 Å². The number of ether oxygens (including phenoxy) is 1. The van der Waals surface area contributed by atoms with Crippen LogP contribution in [-0.2, 0) is 9.53 Å². The van der Waals surface area contributed by atoms with E-state index in [0.717, 1.165) is 13.1 Å². The fourth-order valence-corrected chi connectivity index (χ4v) is 2.55. The minimum atomic E-state index is -0.932. The Hall–Kier alpha value is -2.19. The first kappa shape index (κ1) is 18.9. The van der Waals surface area contributed by atoms with Crippen molar-refractivity contribution in [1.29, 1.82) is 5.26 Å². The summed E-state index contributed by atoms with van der Waals surface area (Å²) in [7, 11) is 0. The monoisotopic (exact) mass is 316 g/mol. The van der Waals surface area contributed by atoms with Gasteiger partial charge in [-0.2, -0.15) is 5.26 Å². The van der Waals surface area contributed by atoms with Crippen LogP contribution in [0, 0.1) is 17.2 Å². The van der Waals surface area contributed by atoms with Gasteiger partial charge in [0, 0.05) is 11.8 Å². The number of carbonyl (C=O) groups excluding carboxylic acids is 1. The number of aliphatic imine (C=N–C) groups is 1. The van der Waals surface area contributed by atoms with Gasteiger partial charge in [0.25, 0.3) is 0 Å². The number of rotatable bonds is 9. The molecule has 0 aliphatic rings. The number of hydrogen-bond donors (Lipinski definition) is 1. The smallest absolute Gasteiger partial charge is 0.328 e. The summed E-state index contributed by atoms with van der Waals surface area (Å²) >= 11 is 0. The third-order valence-electron chi connectivity index (χ3n) is 3.83. The van der Waals surface area contributed by atoms with E-state index < -0.39 is 11.9 Å². The number of hydrogen-bond acceptors (Lipinski definition) is 4. The van der Waals surface area contributed by atoms with Crippen molar-refractivity contribution in [3.63, 3.8) is 0 Å². The normalized spacial score (nSPS) is 13.7. The largest absolute Gasteiger partial charge is 0.465 e. The molecule has 1 aromatic carbocycles. The minimum Gasteiger partial charge on any atom is -0.465 e. The van der Waals surface area contributed by atoms with E-state index in [1.54, 1.807) is 6.92 Å². The maximum absolute atomic E-state index is 11.6. The van der Waals surface area contributed by atoms with Crippen LogP contribution in [0.25, 0.3) is 0 Å². The molecule has 0 aromatic heterocycles. The summed E-state index contributed by atoms with van der Waals surface area (Å²) in [5.41, 5.74) is 1.22. The second kappa shape index (κ2) is 10.5. The van der Waals surface area contributed by atoms with E-state index >= 15 is 0 Å². The predicted molar refractivity (Wildman–Crippen MR) is 90.3 cm³/mol. The Morgan fingerprint density at radius 2 is 1.96 bits per heavy atom. The summed E-state index contributed by atoms with van der Waals surface area (Å²) in [4.78, 5) is 17.4. The molecule has 0 bridgehead atoms. The van der Waals surface area contributed by atoms with Crippen molar-refractivity contribution in [2.24, 2.45) is 10.9 Å². The molecule has 0 fully saturated rings. The van der Waals surface area contributed by atoms with E-state index in [0.29, 0.717) is 6.54 Å². The lowest BCUT2D eigenvalue weighted by atomic mass is 10.1. The zero-order chi connectivity index (χ0) is 17.1. The van der Waals surface area contributed by atoms with Gasteiger partial charge in [-0.3, -0.25) is 9.79 Å². The molecule has 0 aliphatic carbocycles. The number of benzene rings is 1. The van der Waals surface area contributed by atoms with Crippen molar-refractivity contribution < 1.29 is 14.4 Å². The van der Waals surface area contributed by atoms with Gasteiger partial charge in [0.1, 0.15) is 6.04 Å². The Kier molecular flexibility index (Phi) is 8.63. The second-order valence-electron chi connectivity index (χ2n) is 5.20. The van der Waals surface area contributed by atoms with Crippen molar-refractivity contribution in [2.45, 2.75) is 26.8 Å². The Morgan fingerprint density at radius 1 is 1.30 bits per heavy atom. The Bertz CT molecular complexity index is 533. The van der Waals surface area contributed by atoms with Gasteiger partial charge in [0.2, 0.25) is 0 Å². The second-order valence-corrected chi connectivity index (χ2v) is 5.20. The van der Waals surface area contributed by atoms with Gasteiger partial charge in [0.05, 0.1) is 32.3 Å². The fourth-order valence-electron chi connectivity index (χ4n) is 2.55. The van der Waals surface area contributed by atoms with Crippen LogP contribution in [0.3, 0.4) is 0 Å². The lowest BCUT2D eigenvalue weighted by molar-refractivity contribution is -0.926. The molecule has 1 aromatic rings. The Labute approximate surface area is 138 Å². The third-order valence-corrected chi connectivity index (χ3v) is 3.83. The van der Waals surface area contributed by atoms with Crippen molar-refractivity contribution in [3.8, 4) is 6.07 Å². The number of nitrogens with zero attached hydrogens (tertiary/aromatic N) is 2. The molecule has 0 saturated heterocycles. The Balaban J connectivity index is 2.84. The highest BCUT2D eigenvalue weighted by Crippen LogP contribution is 2.10. The molecular formula is C18H26N3O2+. The Morgan fingerprint density at radius 3 is 2.48 bits per heavy atom. The van der Waals surface area contributed by atoms with Crippen LogP contribution in [0.1, 0.15) is 32.4 Å². The van der Waals surface area contributed by atoms with Crippen LogP contribution in [0.15, 0.2) is 35.3 Å². The standard InChI is InChI=1S/C18H25N3O2/c1-4-21(5-2)17(15-10-8-7-9-11-15)14-20-13-16(12-19)18(22)23-6-3/h7-11,13,16-17H,4-6,14H2,1-3H3/p+1/t16?,17-/m0/s1. The van der Waals surface area contributed by atoms with Gasteiger partial charge < -0.3 is 9.64 Å². The van der Waals surface area contributed by atoms with Crippen LogP contribution >= 0.6 is 0 Å². The maximum atomic E-state index is 11.6. The molecule has 0 radical (unpaired) electrons. The minimum absolute atomic E-state index is 0.212. The van der Waals surface area contributed by atoms with Gasteiger partial charge in [0.15, 0.2) is 5.92 Å². The van der Waals surface area contributed by atoms with E-state index in [1.165, 1.54) is 16.7 Å². The number of nitrogens with one attached hydrogen (secondary N) is 1. The van der Waals surface area contributed by atoms with Gasteiger partial charge in [-0.25, -0.2) is 0 Å². The van der Waals surface area contributed by atoms with E-state index in [2.05, 4.69) is 31.0 Å². The maximum Gasteiger partial charge on any atom is 0.328 e. The van der Waals surface area contributed by atoms with Crippen molar-refractivity contribution in [2.75, 3.05) is 26.2 Å². The molecule has 2 atom stereocenters. The molecular weight excluding hydrogens is 290 g/mol. The fraction of sp³-hybridized carbons (Fsp3) is 0.500. The van der Waals surface area contributed by atoms with Crippen molar-refractivity contribution in [1.82, 2.24) is 0 Å². The summed E-state index contributed by atoms with van der Waals surface area (Å²) < 4.78 is 4.87. The lowest BCUT2D eigenvalue weighted by Crippen LogP contribution is -3.12. The summed E-state index contributed by atoms with van der Waals surface area (Å²) in [6.45, 7) is 8.80. The molecule has 0 spiro atoms. The van der Waals surface area contributed by atoms with Gasteiger partial charge in [-0.1, -0.05) is 30.3 Å². The number of carbonyl (C=O) groups is 1. The SMILES string of the molecule is CCOC(=O)C(C#N)C=NC[C@@H](c1ccccc1)[NH+](CC)CC. The van der Waals surface area contributed by atoms with Crippen LogP contribution in [-0.4, -0.2) is 38.4 Å². The number of quaternary nitrogens is 1. The molecule has 5 heteroatoms. The molecule has 23 heavy (non-hydrogen) atoms. The quantitative estimate of drug-likeness (QED) is 0.553. The highest BCUT2D eigenvalue weighted by molar-refractivity contribution is 5.92.